The molecule has 2 aromatic carbocycles. The number of halogens is 1. The number of para-hydroxylation sites is 1. The highest BCUT2D eigenvalue weighted by Gasteiger charge is 2.13. The van der Waals surface area contributed by atoms with E-state index in [1.807, 2.05) is 63.4 Å². The van der Waals surface area contributed by atoms with Crippen molar-refractivity contribution in [1.29, 1.82) is 0 Å². The second-order valence-corrected chi connectivity index (χ2v) is 6.97. The minimum Gasteiger partial charge on any atom is -0.342 e. The summed E-state index contributed by atoms with van der Waals surface area (Å²) in [6.07, 6.45) is 0. The zero-order valence-corrected chi connectivity index (χ0v) is 16.1. The zero-order chi connectivity index (χ0) is 19.1. The summed E-state index contributed by atoms with van der Waals surface area (Å²) in [7, 11) is 1.94. The molecular formula is C20H25ClN3O2+. The Bertz CT molecular complexity index is 755. The van der Waals surface area contributed by atoms with Crippen molar-refractivity contribution in [1.82, 2.24) is 5.32 Å². The van der Waals surface area contributed by atoms with E-state index in [0.717, 1.165) is 27.3 Å². The fourth-order valence-electron chi connectivity index (χ4n) is 2.72. The standard InChI is InChI=1S/C20H24ClN3O2/c1-14-5-4-6-15(2)20(14)23-18(25)11-22-19(26)13-24(3)12-16-7-9-17(21)10-8-16/h4-10H,11-13H2,1-3H3,(H,22,26)(H,23,25)/p+1. The van der Waals surface area contributed by atoms with Crippen LogP contribution in [0.1, 0.15) is 16.7 Å². The van der Waals surface area contributed by atoms with Gasteiger partial charge in [-0.2, -0.15) is 0 Å². The zero-order valence-electron chi connectivity index (χ0n) is 15.4. The first-order valence-corrected chi connectivity index (χ1v) is 8.91. The molecule has 0 bridgehead atoms. The van der Waals surface area contributed by atoms with Gasteiger partial charge in [-0.1, -0.05) is 41.9 Å². The van der Waals surface area contributed by atoms with Crippen LogP contribution in [-0.4, -0.2) is 32.0 Å². The average Bonchev–Trinajstić information content (AvgIpc) is 2.58. The molecule has 5 nitrogen and oxygen atoms in total. The average molecular weight is 375 g/mol. The number of amides is 2. The van der Waals surface area contributed by atoms with Crippen molar-refractivity contribution < 1.29 is 14.5 Å². The summed E-state index contributed by atoms with van der Waals surface area (Å²) in [6, 6.07) is 13.4. The molecule has 0 saturated heterocycles. The van der Waals surface area contributed by atoms with E-state index in [4.69, 9.17) is 11.6 Å². The van der Waals surface area contributed by atoms with Crippen LogP contribution in [0, 0.1) is 13.8 Å². The van der Waals surface area contributed by atoms with Gasteiger partial charge in [0, 0.05) is 16.3 Å². The molecule has 6 heteroatoms. The molecule has 0 saturated carbocycles. The predicted molar refractivity (Wildman–Crippen MR) is 104 cm³/mol. The van der Waals surface area contributed by atoms with Gasteiger partial charge in [-0.25, -0.2) is 0 Å². The van der Waals surface area contributed by atoms with Gasteiger partial charge < -0.3 is 15.5 Å². The number of hydrogen-bond donors (Lipinski definition) is 3. The third-order valence-electron chi connectivity index (χ3n) is 4.07. The number of hydrogen-bond acceptors (Lipinski definition) is 2. The molecule has 3 N–H and O–H groups in total. The second kappa shape index (κ2) is 9.36. The molecule has 0 aromatic heterocycles. The fourth-order valence-corrected chi connectivity index (χ4v) is 2.85. The van der Waals surface area contributed by atoms with Crippen LogP contribution in [0.3, 0.4) is 0 Å². The van der Waals surface area contributed by atoms with Crippen molar-refractivity contribution in [2.45, 2.75) is 20.4 Å². The SMILES string of the molecule is Cc1cccc(C)c1NC(=O)CNC(=O)C[NH+](C)Cc1ccc(Cl)cc1. The Hall–Kier alpha value is -2.37. The van der Waals surface area contributed by atoms with E-state index in [1.54, 1.807) is 0 Å². The summed E-state index contributed by atoms with van der Waals surface area (Å²) in [6.45, 7) is 4.84. The topological polar surface area (TPSA) is 62.6 Å². The molecule has 0 fully saturated rings. The number of nitrogens with one attached hydrogen (secondary N) is 3. The minimum atomic E-state index is -0.230. The number of aryl methyl sites for hydroxylation is 2. The third-order valence-corrected chi connectivity index (χ3v) is 4.33. The van der Waals surface area contributed by atoms with Gasteiger partial charge in [-0.05, 0) is 37.1 Å². The van der Waals surface area contributed by atoms with E-state index in [2.05, 4.69) is 10.6 Å². The molecule has 0 aliphatic carbocycles. The number of carbonyl (C=O) groups is 2. The molecule has 2 aromatic rings. The molecule has 138 valence electrons. The molecule has 0 aliphatic heterocycles. The molecule has 0 radical (unpaired) electrons. The quantitative estimate of drug-likeness (QED) is 0.691. The monoisotopic (exact) mass is 374 g/mol. The van der Waals surface area contributed by atoms with Crippen LogP contribution in [0.25, 0.3) is 0 Å². The number of carbonyl (C=O) groups excluding carboxylic acids is 2. The highest BCUT2D eigenvalue weighted by molar-refractivity contribution is 6.30. The van der Waals surface area contributed by atoms with Gasteiger partial charge in [0.25, 0.3) is 5.91 Å². The molecule has 0 heterocycles. The molecule has 26 heavy (non-hydrogen) atoms. The van der Waals surface area contributed by atoms with Crippen molar-refractivity contribution in [3.63, 3.8) is 0 Å². The fraction of sp³-hybridized carbons (Fsp3) is 0.300. The van der Waals surface area contributed by atoms with Crippen molar-refractivity contribution in [2.75, 3.05) is 25.5 Å². The summed E-state index contributed by atoms with van der Waals surface area (Å²) < 4.78 is 0. The normalized spacial score (nSPS) is 11.7. The number of benzene rings is 2. The van der Waals surface area contributed by atoms with Crippen LogP contribution in [0.15, 0.2) is 42.5 Å². The third kappa shape index (κ3) is 6.17. The van der Waals surface area contributed by atoms with Crippen LogP contribution >= 0.6 is 11.6 Å². The molecule has 0 aliphatic rings. The Kier molecular flexibility index (Phi) is 7.18. The number of quaternary nitrogens is 1. The number of anilines is 1. The maximum Gasteiger partial charge on any atom is 0.275 e. The Morgan fingerprint density at radius 2 is 1.62 bits per heavy atom. The molecule has 2 rings (SSSR count). The van der Waals surface area contributed by atoms with E-state index >= 15 is 0 Å². The first-order chi connectivity index (χ1) is 12.3. The summed E-state index contributed by atoms with van der Waals surface area (Å²) in [5.41, 5.74) is 3.90. The highest BCUT2D eigenvalue weighted by atomic mass is 35.5. The summed E-state index contributed by atoms with van der Waals surface area (Å²) in [5, 5.41) is 6.23. The highest BCUT2D eigenvalue weighted by Crippen LogP contribution is 2.18. The van der Waals surface area contributed by atoms with Gasteiger partial charge in [0.05, 0.1) is 13.6 Å². The smallest absolute Gasteiger partial charge is 0.275 e. The van der Waals surface area contributed by atoms with E-state index in [9.17, 15) is 9.59 Å². The maximum absolute atomic E-state index is 12.1. The largest absolute Gasteiger partial charge is 0.342 e. The van der Waals surface area contributed by atoms with E-state index < -0.39 is 0 Å². The lowest BCUT2D eigenvalue weighted by Gasteiger charge is -2.15. The lowest BCUT2D eigenvalue weighted by Crippen LogP contribution is -3.08. The van der Waals surface area contributed by atoms with E-state index in [0.29, 0.717) is 18.1 Å². The van der Waals surface area contributed by atoms with Gasteiger partial charge in [0.2, 0.25) is 5.91 Å². The van der Waals surface area contributed by atoms with Gasteiger partial charge in [-0.15, -0.1) is 0 Å². The first kappa shape index (κ1) is 19.9. The minimum absolute atomic E-state index is 0.0408. The van der Waals surface area contributed by atoms with Crippen molar-refractivity contribution >= 4 is 29.1 Å². The van der Waals surface area contributed by atoms with Crippen LogP contribution in [-0.2, 0) is 16.1 Å². The van der Waals surface area contributed by atoms with Crippen LogP contribution in [0.5, 0.6) is 0 Å². The maximum atomic E-state index is 12.1. The Balaban J connectivity index is 1.77. The summed E-state index contributed by atoms with van der Waals surface area (Å²) in [4.78, 5) is 25.2. The lowest BCUT2D eigenvalue weighted by molar-refractivity contribution is -0.885. The number of rotatable bonds is 7. The van der Waals surface area contributed by atoms with Crippen molar-refractivity contribution in [3.8, 4) is 0 Å². The van der Waals surface area contributed by atoms with Gasteiger partial charge in [0.1, 0.15) is 6.54 Å². The summed E-state index contributed by atoms with van der Waals surface area (Å²) in [5.74, 6) is -0.390. The predicted octanol–water partition coefficient (Wildman–Crippen LogP) is 1.73. The van der Waals surface area contributed by atoms with Crippen molar-refractivity contribution in [2.24, 2.45) is 0 Å². The molecule has 0 spiro atoms. The van der Waals surface area contributed by atoms with Gasteiger partial charge in [-0.3, -0.25) is 9.59 Å². The number of likely N-dealkylation sites (N-methyl/N-ethyl adjacent to an activating group) is 1. The lowest BCUT2D eigenvalue weighted by atomic mass is 10.1. The van der Waals surface area contributed by atoms with Gasteiger partial charge in [0.15, 0.2) is 6.54 Å². The molecular weight excluding hydrogens is 350 g/mol. The second-order valence-electron chi connectivity index (χ2n) is 6.53. The van der Waals surface area contributed by atoms with Crippen molar-refractivity contribution in [3.05, 3.63) is 64.2 Å². The first-order valence-electron chi connectivity index (χ1n) is 8.53. The van der Waals surface area contributed by atoms with Crippen LogP contribution < -0.4 is 15.5 Å². The summed E-state index contributed by atoms with van der Waals surface area (Å²) >= 11 is 5.87. The van der Waals surface area contributed by atoms with E-state index in [-0.39, 0.29) is 18.4 Å². The molecule has 1 unspecified atom stereocenters. The molecule has 1 atom stereocenters. The van der Waals surface area contributed by atoms with Gasteiger partial charge >= 0.3 is 0 Å². The van der Waals surface area contributed by atoms with Crippen LogP contribution in [0.4, 0.5) is 5.69 Å². The Labute approximate surface area is 159 Å². The Morgan fingerprint density at radius 1 is 1.00 bits per heavy atom. The molecule has 2 amide bonds. The van der Waals surface area contributed by atoms with E-state index in [1.165, 1.54) is 0 Å². The van der Waals surface area contributed by atoms with Crippen LogP contribution in [0.2, 0.25) is 5.02 Å². The Morgan fingerprint density at radius 3 is 2.23 bits per heavy atom.